The summed E-state index contributed by atoms with van der Waals surface area (Å²) in [6.45, 7) is 2.66. The first-order chi connectivity index (χ1) is 11.0. The van der Waals surface area contributed by atoms with Crippen LogP contribution in [0.5, 0.6) is 0 Å². The Morgan fingerprint density at radius 3 is 2.83 bits per heavy atom. The number of piperidine rings is 1. The smallest absolute Gasteiger partial charge is 0.242 e. The molecule has 122 valence electrons. The van der Waals surface area contributed by atoms with Gasteiger partial charge in [-0.1, -0.05) is 17.7 Å². The van der Waals surface area contributed by atoms with Crippen LogP contribution < -0.4 is 5.73 Å². The van der Waals surface area contributed by atoms with Gasteiger partial charge in [0, 0.05) is 29.3 Å². The Balaban J connectivity index is 1.79. The van der Waals surface area contributed by atoms with Gasteiger partial charge in [-0.3, -0.25) is 9.59 Å². The van der Waals surface area contributed by atoms with Gasteiger partial charge in [0.25, 0.3) is 0 Å². The molecule has 1 fully saturated rings. The van der Waals surface area contributed by atoms with Crippen LogP contribution in [0.1, 0.15) is 19.8 Å². The van der Waals surface area contributed by atoms with Crippen LogP contribution >= 0.6 is 11.6 Å². The molecule has 0 bridgehead atoms. The van der Waals surface area contributed by atoms with Gasteiger partial charge >= 0.3 is 0 Å². The standard InChI is InChI=1S/C17H20ClN3O2/c1-11-2-3-13(17(19)23)9-21(11)16(22)10-20-7-6-12-4-5-14(18)8-15(12)20/h4-8,11,13H,2-3,9-10H2,1H3,(H2,19,23)/t11-,13-/m1/s1. The molecule has 1 aliphatic heterocycles. The van der Waals surface area contributed by atoms with E-state index in [9.17, 15) is 9.59 Å². The van der Waals surface area contributed by atoms with E-state index in [0.29, 0.717) is 11.6 Å². The molecular formula is C17H20ClN3O2. The highest BCUT2D eigenvalue weighted by Gasteiger charge is 2.31. The predicted molar refractivity (Wildman–Crippen MR) is 90.0 cm³/mol. The van der Waals surface area contributed by atoms with E-state index in [2.05, 4.69) is 0 Å². The summed E-state index contributed by atoms with van der Waals surface area (Å²) in [5, 5.41) is 1.69. The molecule has 5 nitrogen and oxygen atoms in total. The SMILES string of the molecule is C[C@@H]1CC[C@@H](C(N)=O)CN1C(=O)Cn1ccc2ccc(Cl)cc21. The Morgan fingerprint density at radius 1 is 1.30 bits per heavy atom. The van der Waals surface area contributed by atoms with Crippen molar-refractivity contribution >= 4 is 34.3 Å². The number of amides is 2. The average molecular weight is 334 g/mol. The predicted octanol–water partition coefficient (Wildman–Crippen LogP) is 2.41. The molecule has 2 atom stereocenters. The fraction of sp³-hybridized carbons (Fsp3) is 0.412. The van der Waals surface area contributed by atoms with E-state index in [-0.39, 0.29) is 30.3 Å². The number of likely N-dealkylation sites (tertiary alicyclic amines) is 1. The van der Waals surface area contributed by atoms with Crippen molar-refractivity contribution < 1.29 is 9.59 Å². The molecule has 2 N–H and O–H groups in total. The number of rotatable bonds is 3. The molecule has 23 heavy (non-hydrogen) atoms. The van der Waals surface area contributed by atoms with Gasteiger partial charge in [0.1, 0.15) is 6.54 Å². The van der Waals surface area contributed by atoms with Crippen molar-refractivity contribution in [2.75, 3.05) is 6.54 Å². The second-order valence-electron chi connectivity index (χ2n) is 6.22. The largest absolute Gasteiger partial charge is 0.369 e. The zero-order valence-electron chi connectivity index (χ0n) is 13.0. The summed E-state index contributed by atoms with van der Waals surface area (Å²) in [5.41, 5.74) is 6.34. The van der Waals surface area contributed by atoms with Crippen molar-refractivity contribution in [1.82, 2.24) is 9.47 Å². The number of nitrogens with zero attached hydrogens (tertiary/aromatic N) is 2. The number of benzene rings is 1. The first-order valence-electron chi connectivity index (χ1n) is 7.79. The van der Waals surface area contributed by atoms with Gasteiger partial charge < -0.3 is 15.2 Å². The molecular weight excluding hydrogens is 314 g/mol. The van der Waals surface area contributed by atoms with Gasteiger partial charge in [-0.05, 0) is 43.4 Å². The molecule has 0 aliphatic carbocycles. The molecule has 0 saturated carbocycles. The van der Waals surface area contributed by atoms with Crippen molar-refractivity contribution in [3.8, 4) is 0 Å². The van der Waals surface area contributed by atoms with E-state index < -0.39 is 0 Å². The maximum atomic E-state index is 12.7. The van der Waals surface area contributed by atoms with E-state index in [0.717, 1.165) is 23.7 Å². The van der Waals surface area contributed by atoms with Crippen molar-refractivity contribution in [2.24, 2.45) is 11.7 Å². The lowest BCUT2D eigenvalue weighted by Crippen LogP contribution is -2.49. The van der Waals surface area contributed by atoms with Crippen LogP contribution in [0.25, 0.3) is 10.9 Å². The van der Waals surface area contributed by atoms with Crippen LogP contribution in [0, 0.1) is 5.92 Å². The number of hydrogen-bond donors (Lipinski definition) is 1. The first kappa shape index (κ1) is 15.9. The van der Waals surface area contributed by atoms with Gasteiger partial charge in [0.05, 0.1) is 5.92 Å². The summed E-state index contributed by atoms with van der Waals surface area (Å²) in [7, 11) is 0. The zero-order chi connectivity index (χ0) is 16.6. The Labute approximate surface area is 140 Å². The van der Waals surface area contributed by atoms with Crippen molar-refractivity contribution in [3.05, 3.63) is 35.5 Å². The highest BCUT2D eigenvalue weighted by Crippen LogP contribution is 2.24. The lowest BCUT2D eigenvalue weighted by atomic mass is 9.93. The second-order valence-corrected chi connectivity index (χ2v) is 6.65. The number of halogens is 1. The lowest BCUT2D eigenvalue weighted by Gasteiger charge is -2.37. The highest BCUT2D eigenvalue weighted by molar-refractivity contribution is 6.31. The summed E-state index contributed by atoms with van der Waals surface area (Å²) < 4.78 is 1.89. The summed E-state index contributed by atoms with van der Waals surface area (Å²) >= 11 is 6.05. The quantitative estimate of drug-likeness (QED) is 0.937. The maximum Gasteiger partial charge on any atom is 0.242 e. The zero-order valence-corrected chi connectivity index (χ0v) is 13.8. The normalized spacial score (nSPS) is 21.6. The maximum absolute atomic E-state index is 12.7. The minimum Gasteiger partial charge on any atom is -0.369 e. The first-order valence-corrected chi connectivity index (χ1v) is 8.16. The van der Waals surface area contributed by atoms with Crippen LogP contribution in [0.2, 0.25) is 5.02 Å². The summed E-state index contributed by atoms with van der Waals surface area (Å²) in [6, 6.07) is 7.72. The van der Waals surface area contributed by atoms with Crippen LogP contribution in [-0.2, 0) is 16.1 Å². The minimum absolute atomic E-state index is 0.000857. The molecule has 1 aliphatic rings. The number of fused-ring (bicyclic) bond motifs is 1. The molecule has 0 radical (unpaired) electrons. The number of primary amides is 1. The number of hydrogen-bond acceptors (Lipinski definition) is 2. The lowest BCUT2D eigenvalue weighted by molar-refractivity contribution is -0.138. The minimum atomic E-state index is -0.326. The van der Waals surface area contributed by atoms with Crippen molar-refractivity contribution in [1.29, 1.82) is 0 Å². The van der Waals surface area contributed by atoms with Crippen LogP contribution in [-0.4, -0.2) is 33.9 Å². The van der Waals surface area contributed by atoms with Gasteiger partial charge in [0.2, 0.25) is 11.8 Å². The third-order valence-corrected chi connectivity index (χ3v) is 4.88. The molecule has 1 aromatic carbocycles. The van der Waals surface area contributed by atoms with Crippen molar-refractivity contribution in [3.63, 3.8) is 0 Å². The van der Waals surface area contributed by atoms with E-state index in [1.165, 1.54) is 0 Å². The van der Waals surface area contributed by atoms with E-state index >= 15 is 0 Å². The van der Waals surface area contributed by atoms with Gasteiger partial charge in [0.15, 0.2) is 0 Å². The molecule has 2 aromatic rings. The molecule has 1 saturated heterocycles. The van der Waals surface area contributed by atoms with Crippen LogP contribution in [0.4, 0.5) is 0 Å². The Hall–Kier alpha value is -2.01. The average Bonchev–Trinajstić information content (AvgIpc) is 2.89. The van der Waals surface area contributed by atoms with E-state index in [1.807, 2.05) is 42.0 Å². The number of aromatic nitrogens is 1. The fourth-order valence-corrected chi connectivity index (χ4v) is 3.38. The Kier molecular flexibility index (Phi) is 4.31. The number of carbonyl (C=O) groups excluding carboxylic acids is 2. The molecule has 2 heterocycles. The summed E-state index contributed by atoms with van der Waals surface area (Å²) in [5.74, 6) is -0.570. The van der Waals surface area contributed by atoms with Gasteiger partial charge in [-0.15, -0.1) is 0 Å². The second kappa shape index (κ2) is 6.24. The van der Waals surface area contributed by atoms with E-state index in [4.69, 9.17) is 17.3 Å². The molecule has 3 rings (SSSR count). The summed E-state index contributed by atoms with van der Waals surface area (Å²) in [6.07, 6.45) is 3.44. The van der Waals surface area contributed by atoms with Crippen molar-refractivity contribution in [2.45, 2.75) is 32.4 Å². The third-order valence-electron chi connectivity index (χ3n) is 4.65. The number of carbonyl (C=O) groups is 2. The van der Waals surface area contributed by atoms with Crippen LogP contribution in [0.3, 0.4) is 0 Å². The highest BCUT2D eigenvalue weighted by atomic mass is 35.5. The van der Waals surface area contributed by atoms with Gasteiger partial charge in [-0.2, -0.15) is 0 Å². The monoisotopic (exact) mass is 333 g/mol. The Bertz CT molecular complexity index is 755. The molecule has 0 unspecified atom stereocenters. The third kappa shape index (κ3) is 3.20. The summed E-state index contributed by atoms with van der Waals surface area (Å²) in [4.78, 5) is 25.9. The molecule has 0 spiro atoms. The molecule has 2 amide bonds. The molecule has 1 aromatic heterocycles. The topological polar surface area (TPSA) is 68.3 Å². The number of nitrogens with two attached hydrogens (primary N) is 1. The van der Waals surface area contributed by atoms with Crippen LogP contribution in [0.15, 0.2) is 30.5 Å². The van der Waals surface area contributed by atoms with Gasteiger partial charge in [-0.25, -0.2) is 0 Å². The Morgan fingerprint density at radius 2 is 2.09 bits per heavy atom. The fourth-order valence-electron chi connectivity index (χ4n) is 3.22. The van der Waals surface area contributed by atoms with E-state index in [1.54, 1.807) is 4.90 Å². The molecule has 6 heteroatoms.